The predicted molar refractivity (Wildman–Crippen MR) is 161 cm³/mol. The van der Waals surface area contributed by atoms with Gasteiger partial charge in [-0.05, 0) is 42.3 Å². The molecule has 13 heteroatoms. The Labute approximate surface area is 255 Å². The number of nitrogens with two attached hydrogens (primary N) is 1. The molecule has 3 amide bonds. The van der Waals surface area contributed by atoms with Crippen LogP contribution in [0.25, 0.3) is 22.0 Å². The number of aromatic nitrogens is 4. The Hall–Kier alpha value is -5.72. The lowest BCUT2D eigenvalue weighted by Gasteiger charge is -2.24. The van der Waals surface area contributed by atoms with Crippen molar-refractivity contribution in [3.05, 3.63) is 96.5 Å². The molecule has 0 unspecified atom stereocenters. The third-order valence-corrected chi connectivity index (χ3v) is 7.58. The third kappa shape index (κ3) is 5.92. The second kappa shape index (κ2) is 12.1. The highest BCUT2D eigenvalue weighted by atomic mass is 19.1. The van der Waals surface area contributed by atoms with Gasteiger partial charge in [-0.2, -0.15) is 5.10 Å². The maximum atomic E-state index is 15.5. The van der Waals surface area contributed by atoms with Gasteiger partial charge in [0.25, 0.3) is 5.91 Å². The van der Waals surface area contributed by atoms with Crippen molar-refractivity contribution in [2.24, 2.45) is 5.73 Å². The highest BCUT2D eigenvalue weighted by molar-refractivity contribution is 6.05. The summed E-state index contributed by atoms with van der Waals surface area (Å²) in [4.78, 5) is 47.9. The van der Waals surface area contributed by atoms with Crippen LogP contribution >= 0.6 is 0 Å². The average Bonchev–Trinajstić information content (AvgIpc) is 3.59. The molecule has 0 radical (unpaired) electrons. The van der Waals surface area contributed by atoms with E-state index in [2.05, 4.69) is 20.4 Å². The van der Waals surface area contributed by atoms with Crippen molar-refractivity contribution in [3.8, 4) is 22.6 Å². The van der Waals surface area contributed by atoms with E-state index >= 15 is 4.39 Å². The SMILES string of the molecule is Cc1ccccc1-c1cccc(NC(=O)[C@@H]2C[C@@H](F)CN2C(=O)Cn2nc(C(N)=O)c3cc(Oc4cncnc4)ccc32)c1F. The second-order valence-corrected chi connectivity index (χ2v) is 10.6. The fourth-order valence-corrected chi connectivity index (χ4v) is 5.45. The van der Waals surface area contributed by atoms with Crippen molar-refractivity contribution in [1.82, 2.24) is 24.6 Å². The molecule has 1 aliphatic heterocycles. The van der Waals surface area contributed by atoms with Crippen molar-refractivity contribution < 1.29 is 27.9 Å². The van der Waals surface area contributed by atoms with Crippen LogP contribution in [0.3, 0.4) is 0 Å². The highest BCUT2D eigenvalue weighted by Crippen LogP contribution is 2.32. The Balaban J connectivity index is 1.23. The standard InChI is InChI=1S/C32H27F2N7O4/c1-18-5-2-3-6-22(18)23-7-4-8-25(29(23)34)38-32(44)27-11-19(33)15-40(27)28(42)16-41-26-10-9-20(45-21-13-36-17-37-14-21)12-24(26)30(39-41)31(35)43/h2-10,12-14,17,19,27H,11,15-16H2,1H3,(H2,35,43)(H,38,44)/t19-,27+/m1/s1. The van der Waals surface area contributed by atoms with E-state index < -0.39 is 42.3 Å². The number of fused-ring (bicyclic) bond motifs is 1. The Bertz CT molecular complexity index is 1930. The number of carbonyl (C=O) groups is 3. The summed E-state index contributed by atoms with van der Waals surface area (Å²) in [5, 5.41) is 7.10. The largest absolute Gasteiger partial charge is 0.454 e. The number of aryl methyl sites for hydroxylation is 1. The van der Waals surface area contributed by atoms with Crippen LogP contribution in [-0.4, -0.2) is 61.1 Å². The molecule has 3 N–H and O–H groups in total. The molecule has 1 saturated heterocycles. The van der Waals surface area contributed by atoms with Crippen LogP contribution in [0.5, 0.6) is 11.5 Å². The Morgan fingerprint density at radius 2 is 1.78 bits per heavy atom. The van der Waals surface area contributed by atoms with Gasteiger partial charge in [-0.3, -0.25) is 19.1 Å². The number of alkyl halides is 1. The lowest BCUT2D eigenvalue weighted by atomic mass is 9.99. The Morgan fingerprint density at radius 3 is 2.53 bits per heavy atom. The zero-order valence-corrected chi connectivity index (χ0v) is 24.0. The molecule has 0 bridgehead atoms. The number of hydrogen-bond donors (Lipinski definition) is 2. The smallest absolute Gasteiger partial charge is 0.269 e. The normalized spacial score (nSPS) is 16.1. The summed E-state index contributed by atoms with van der Waals surface area (Å²) in [6.45, 7) is 1.11. The second-order valence-electron chi connectivity index (χ2n) is 10.6. The summed E-state index contributed by atoms with van der Waals surface area (Å²) in [6, 6.07) is 15.4. The lowest BCUT2D eigenvalue weighted by molar-refractivity contribution is -0.137. The van der Waals surface area contributed by atoms with Crippen molar-refractivity contribution in [2.75, 3.05) is 11.9 Å². The van der Waals surface area contributed by atoms with Gasteiger partial charge in [0.15, 0.2) is 17.3 Å². The number of rotatable bonds is 8. The first-order valence-corrected chi connectivity index (χ1v) is 14.0. The van der Waals surface area contributed by atoms with Crippen LogP contribution in [0.15, 0.2) is 79.4 Å². The number of primary amides is 1. The molecule has 45 heavy (non-hydrogen) atoms. The summed E-state index contributed by atoms with van der Waals surface area (Å²) >= 11 is 0. The highest BCUT2D eigenvalue weighted by Gasteiger charge is 2.40. The van der Waals surface area contributed by atoms with Crippen molar-refractivity contribution in [1.29, 1.82) is 0 Å². The topological polar surface area (TPSA) is 145 Å². The number of amides is 3. The molecule has 1 fully saturated rings. The fourth-order valence-electron chi connectivity index (χ4n) is 5.45. The van der Waals surface area contributed by atoms with E-state index in [4.69, 9.17) is 10.5 Å². The average molecular weight is 612 g/mol. The molecule has 6 rings (SSSR count). The van der Waals surface area contributed by atoms with Crippen molar-refractivity contribution in [3.63, 3.8) is 0 Å². The van der Waals surface area contributed by atoms with Gasteiger partial charge in [0, 0.05) is 17.4 Å². The molecule has 0 spiro atoms. The van der Waals surface area contributed by atoms with Crippen LogP contribution < -0.4 is 15.8 Å². The van der Waals surface area contributed by atoms with E-state index in [-0.39, 0.29) is 24.3 Å². The van der Waals surface area contributed by atoms with E-state index in [0.29, 0.717) is 33.5 Å². The van der Waals surface area contributed by atoms with Crippen LogP contribution in [0.2, 0.25) is 0 Å². The molecule has 2 atom stereocenters. The van der Waals surface area contributed by atoms with Gasteiger partial charge in [-0.1, -0.05) is 36.4 Å². The number of likely N-dealkylation sites (tertiary alicyclic amines) is 1. The molecule has 0 saturated carbocycles. The molecule has 11 nitrogen and oxygen atoms in total. The number of nitrogens with zero attached hydrogens (tertiary/aromatic N) is 5. The van der Waals surface area contributed by atoms with E-state index in [0.717, 1.165) is 10.5 Å². The summed E-state index contributed by atoms with van der Waals surface area (Å²) in [5.74, 6) is -2.10. The maximum absolute atomic E-state index is 15.5. The number of hydrogen-bond acceptors (Lipinski definition) is 7. The Kier molecular flexibility index (Phi) is 7.90. The van der Waals surface area contributed by atoms with E-state index in [1.54, 1.807) is 42.5 Å². The van der Waals surface area contributed by atoms with Gasteiger partial charge >= 0.3 is 0 Å². The number of anilines is 1. The first kappa shape index (κ1) is 29.4. The summed E-state index contributed by atoms with van der Waals surface area (Å²) < 4.78 is 37.2. The monoisotopic (exact) mass is 611 g/mol. The van der Waals surface area contributed by atoms with E-state index in [1.807, 2.05) is 19.1 Å². The predicted octanol–water partition coefficient (Wildman–Crippen LogP) is 4.41. The van der Waals surface area contributed by atoms with Gasteiger partial charge < -0.3 is 20.7 Å². The van der Waals surface area contributed by atoms with Gasteiger partial charge in [-0.25, -0.2) is 18.7 Å². The number of carbonyl (C=O) groups excluding carboxylic acids is 3. The Morgan fingerprint density at radius 1 is 1.02 bits per heavy atom. The minimum Gasteiger partial charge on any atom is -0.454 e. The molecule has 3 heterocycles. The molecule has 1 aliphatic rings. The molecule has 228 valence electrons. The van der Waals surface area contributed by atoms with Crippen LogP contribution in [0, 0.1) is 12.7 Å². The number of ether oxygens (including phenoxy) is 1. The zero-order chi connectivity index (χ0) is 31.7. The summed E-state index contributed by atoms with van der Waals surface area (Å²) in [5.41, 5.74) is 7.60. The summed E-state index contributed by atoms with van der Waals surface area (Å²) in [7, 11) is 0. The quantitative estimate of drug-likeness (QED) is 0.264. The van der Waals surface area contributed by atoms with Gasteiger partial charge in [0.05, 0.1) is 30.1 Å². The van der Waals surface area contributed by atoms with Crippen LogP contribution in [0.4, 0.5) is 14.5 Å². The first-order chi connectivity index (χ1) is 21.7. The van der Waals surface area contributed by atoms with Crippen molar-refractivity contribution in [2.45, 2.75) is 32.1 Å². The van der Waals surface area contributed by atoms with Gasteiger partial charge in [0.2, 0.25) is 11.8 Å². The summed E-state index contributed by atoms with van der Waals surface area (Å²) in [6.07, 6.45) is 2.55. The number of halogens is 2. The van der Waals surface area contributed by atoms with Crippen LogP contribution in [-0.2, 0) is 16.1 Å². The maximum Gasteiger partial charge on any atom is 0.269 e. The minimum absolute atomic E-state index is 0.0836. The van der Waals surface area contributed by atoms with Crippen molar-refractivity contribution >= 4 is 34.3 Å². The minimum atomic E-state index is -1.47. The van der Waals surface area contributed by atoms with E-state index in [1.165, 1.54) is 29.5 Å². The number of nitrogens with one attached hydrogen (secondary N) is 1. The van der Waals surface area contributed by atoms with Gasteiger partial charge in [-0.15, -0.1) is 0 Å². The molecule has 3 aromatic carbocycles. The molecule has 2 aromatic heterocycles. The van der Waals surface area contributed by atoms with Crippen LogP contribution in [0.1, 0.15) is 22.5 Å². The molecule has 5 aromatic rings. The molecular formula is C32H27F2N7O4. The molecule has 0 aliphatic carbocycles. The third-order valence-electron chi connectivity index (χ3n) is 7.58. The zero-order valence-electron chi connectivity index (χ0n) is 24.0. The first-order valence-electron chi connectivity index (χ1n) is 14.0. The van der Waals surface area contributed by atoms with Gasteiger partial charge in [0.1, 0.15) is 30.8 Å². The van der Waals surface area contributed by atoms with E-state index in [9.17, 15) is 18.8 Å². The lowest BCUT2D eigenvalue weighted by Crippen LogP contribution is -2.44. The fraction of sp³-hybridized carbons (Fsp3) is 0.188. The molecular weight excluding hydrogens is 584 g/mol. The number of benzene rings is 3.